The van der Waals surface area contributed by atoms with E-state index in [2.05, 4.69) is 12.3 Å². The molecule has 12 heavy (non-hydrogen) atoms. The van der Waals surface area contributed by atoms with Crippen molar-refractivity contribution in [2.24, 2.45) is 0 Å². The fraction of sp³-hybridized carbons (Fsp3) is 0.400. The van der Waals surface area contributed by atoms with Gasteiger partial charge in [0.1, 0.15) is 5.75 Å². The molecule has 0 spiro atoms. The molecule has 1 nitrogen and oxygen atoms in total. The number of ether oxygens (including phenoxy) is 1. The molecule has 0 atom stereocenters. The highest BCUT2D eigenvalue weighted by atomic mass is 32.2. The quantitative estimate of drug-likeness (QED) is 0.661. The summed E-state index contributed by atoms with van der Waals surface area (Å²) in [7, 11) is 0. The average molecular weight is 180 g/mol. The van der Waals surface area contributed by atoms with E-state index < -0.39 is 0 Å². The maximum absolute atomic E-state index is 5.73. The third-order valence-electron chi connectivity index (χ3n) is 1.89. The van der Waals surface area contributed by atoms with Crippen LogP contribution in [0.1, 0.15) is 12.8 Å². The minimum atomic E-state index is 0.498. The second-order valence-electron chi connectivity index (χ2n) is 2.97. The fourth-order valence-electron chi connectivity index (χ4n) is 1.08. The third kappa shape index (κ3) is 1.75. The molecule has 0 amide bonds. The molecule has 2 heteroatoms. The monoisotopic (exact) mass is 180 g/mol. The summed E-state index contributed by atoms with van der Waals surface area (Å²) in [5.74, 6) is 1.05. The number of para-hydroxylation sites is 1. The van der Waals surface area contributed by atoms with E-state index in [0.29, 0.717) is 6.10 Å². The fourth-order valence-corrected chi connectivity index (χ4v) is 1.61. The van der Waals surface area contributed by atoms with Crippen molar-refractivity contribution >= 4 is 11.8 Å². The zero-order valence-corrected chi connectivity index (χ0v) is 7.93. The van der Waals surface area contributed by atoms with Crippen molar-refractivity contribution in [3.63, 3.8) is 0 Å². The summed E-state index contributed by atoms with van der Waals surface area (Å²) in [6.45, 7) is 0. The Morgan fingerprint density at radius 2 is 2.08 bits per heavy atom. The van der Waals surface area contributed by atoms with E-state index in [1.165, 1.54) is 17.7 Å². The lowest BCUT2D eigenvalue weighted by molar-refractivity contribution is 0.296. The number of benzene rings is 1. The van der Waals surface area contributed by atoms with E-state index >= 15 is 0 Å². The van der Waals surface area contributed by atoms with Gasteiger partial charge in [0, 0.05) is 4.90 Å². The predicted octanol–water partition coefficient (Wildman–Crippen LogP) is 2.95. The van der Waals surface area contributed by atoms with Gasteiger partial charge in [0.05, 0.1) is 6.10 Å². The second-order valence-corrected chi connectivity index (χ2v) is 3.82. The van der Waals surface area contributed by atoms with Gasteiger partial charge in [-0.15, -0.1) is 11.8 Å². The van der Waals surface area contributed by atoms with Gasteiger partial charge in [-0.05, 0) is 31.2 Å². The van der Waals surface area contributed by atoms with Crippen molar-refractivity contribution in [1.29, 1.82) is 0 Å². The summed E-state index contributed by atoms with van der Waals surface area (Å²) in [4.78, 5) is 1.24. The van der Waals surface area contributed by atoms with Crippen LogP contribution in [0.3, 0.4) is 0 Å². The molecule has 0 aromatic heterocycles. The van der Waals surface area contributed by atoms with Gasteiger partial charge in [0.2, 0.25) is 0 Å². The normalized spacial score (nSPS) is 16.1. The molecule has 0 radical (unpaired) electrons. The van der Waals surface area contributed by atoms with Crippen molar-refractivity contribution in [2.45, 2.75) is 23.8 Å². The molecule has 1 saturated carbocycles. The molecule has 0 saturated heterocycles. The van der Waals surface area contributed by atoms with Gasteiger partial charge >= 0.3 is 0 Å². The van der Waals surface area contributed by atoms with Crippen LogP contribution >= 0.6 is 11.8 Å². The Hall–Kier alpha value is -0.630. The van der Waals surface area contributed by atoms with Crippen molar-refractivity contribution in [3.8, 4) is 5.75 Å². The molecule has 0 N–H and O–H groups in total. The lowest BCUT2D eigenvalue weighted by Gasteiger charge is -2.07. The highest BCUT2D eigenvalue weighted by Crippen LogP contribution is 2.32. The van der Waals surface area contributed by atoms with Crippen LogP contribution in [-0.4, -0.2) is 12.4 Å². The first kappa shape index (κ1) is 7.99. The summed E-state index contributed by atoms with van der Waals surface area (Å²) in [5.41, 5.74) is 0. The third-order valence-corrected chi connectivity index (χ3v) is 2.66. The van der Waals surface area contributed by atoms with E-state index in [4.69, 9.17) is 4.74 Å². The van der Waals surface area contributed by atoms with E-state index in [9.17, 15) is 0 Å². The largest absolute Gasteiger partial charge is 0.489 e. The van der Waals surface area contributed by atoms with Crippen LogP contribution in [0.5, 0.6) is 5.75 Å². The van der Waals surface area contributed by atoms with Crippen LogP contribution < -0.4 is 4.74 Å². The number of rotatable bonds is 3. The Morgan fingerprint density at radius 1 is 1.33 bits per heavy atom. The first-order valence-corrected chi connectivity index (χ1v) is 5.42. The van der Waals surface area contributed by atoms with E-state index in [-0.39, 0.29) is 0 Å². The van der Waals surface area contributed by atoms with Crippen molar-refractivity contribution in [1.82, 2.24) is 0 Å². The van der Waals surface area contributed by atoms with Crippen LogP contribution in [0.2, 0.25) is 0 Å². The Balaban J connectivity index is 2.15. The molecule has 0 aliphatic heterocycles. The van der Waals surface area contributed by atoms with Gasteiger partial charge in [-0.1, -0.05) is 12.1 Å². The van der Waals surface area contributed by atoms with E-state index in [1.54, 1.807) is 11.8 Å². The molecule has 1 aromatic carbocycles. The molecular weight excluding hydrogens is 168 g/mol. The average Bonchev–Trinajstić information content (AvgIpc) is 2.89. The summed E-state index contributed by atoms with van der Waals surface area (Å²) < 4.78 is 5.73. The van der Waals surface area contributed by atoms with Crippen LogP contribution in [0.4, 0.5) is 0 Å². The lowest BCUT2D eigenvalue weighted by atomic mass is 10.3. The molecule has 2 rings (SSSR count). The van der Waals surface area contributed by atoms with Gasteiger partial charge in [-0.2, -0.15) is 0 Å². The Kier molecular flexibility index (Phi) is 2.26. The van der Waals surface area contributed by atoms with Crippen molar-refractivity contribution in [3.05, 3.63) is 24.3 Å². The minimum Gasteiger partial charge on any atom is -0.489 e. The summed E-state index contributed by atoms with van der Waals surface area (Å²) in [5, 5.41) is 0. The van der Waals surface area contributed by atoms with Gasteiger partial charge in [-0.25, -0.2) is 0 Å². The number of hydrogen-bond donors (Lipinski definition) is 0. The van der Waals surface area contributed by atoms with Crippen LogP contribution in [0.15, 0.2) is 29.2 Å². The smallest absolute Gasteiger partial charge is 0.133 e. The molecule has 1 aliphatic rings. The molecule has 1 aromatic rings. The molecule has 64 valence electrons. The molecule has 0 unspecified atom stereocenters. The predicted molar refractivity (Wildman–Crippen MR) is 51.9 cm³/mol. The Labute approximate surface area is 77.1 Å². The summed E-state index contributed by atoms with van der Waals surface area (Å²) >= 11 is 1.74. The highest BCUT2D eigenvalue weighted by molar-refractivity contribution is 7.98. The number of hydrogen-bond acceptors (Lipinski definition) is 2. The Morgan fingerprint density at radius 3 is 2.75 bits per heavy atom. The number of thioether (sulfide) groups is 1. The first-order chi connectivity index (χ1) is 5.90. The van der Waals surface area contributed by atoms with Crippen LogP contribution in [0, 0.1) is 0 Å². The Bertz CT molecular complexity index is 268. The molecule has 1 aliphatic carbocycles. The van der Waals surface area contributed by atoms with Gasteiger partial charge in [-0.3, -0.25) is 0 Å². The SMILES string of the molecule is CSc1ccccc1OC1CC1. The molecule has 0 heterocycles. The second kappa shape index (κ2) is 3.40. The van der Waals surface area contributed by atoms with E-state index in [0.717, 1.165) is 5.75 Å². The highest BCUT2D eigenvalue weighted by Gasteiger charge is 2.24. The topological polar surface area (TPSA) is 9.23 Å². The van der Waals surface area contributed by atoms with Crippen molar-refractivity contribution in [2.75, 3.05) is 6.26 Å². The van der Waals surface area contributed by atoms with Crippen LogP contribution in [-0.2, 0) is 0 Å². The van der Waals surface area contributed by atoms with Gasteiger partial charge < -0.3 is 4.74 Å². The minimum absolute atomic E-state index is 0.498. The molecule has 1 fully saturated rings. The zero-order chi connectivity index (χ0) is 8.39. The lowest BCUT2D eigenvalue weighted by Crippen LogP contribution is -1.96. The maximum Gasteiger partial charge on any atom is 0.133 e. The van der Waals surface area contributed by atoms with E-state index in [1.807, 2.05) is 18.2 Å². The molecule has 0 bridgehead atoms. The van der Waals surface area contributed by atoms with Crippen LogP contribution in [0.25, 0.3) is 0 Å². The van der Waals surface area contributed by atoms with Gasteiger partial charge in [0.15, 0.2) is 0 Å². The summed E-state index contributed by atoms with van der Waals surface area (Å²) in [6, 6.07) is 8.22. The molecular formula is C10H12OS. The summed E-state index contributed by atoms with van der Waals surface area (Å²) in [6.07, 6.45) is 5.03. The standard InChI is InChI=1S/C10H12OS/c1-12-10-5-3-2-4-9(10)11-8-6-7-8/h2-5,8H,6-7H2,1H3. The first-order valence-electron chi connectivity index (χ1n) is 4.20. The van der Waals surface area contributed by atoms with Crippen molar-refractivity contribution < 1.29 is 4.74 Å². The zero-order valence-electron chi connectivity index (χ0n) is 7.12. The van der Waals surface area contributed by atoms with Gasteiger partial charge in [0.25, 0.3) is 0 Å². The maximum atomic E-state index is 5.73.